The first-order valence-electron chi connectivity index (χ1n) is 6.39. The van der Waals surface area contributed by atoms with E-state index in [1.807, 2.05) is 0 Å². The van der Waals surface area contributed by atoms with Gasteiger partial charge in [0.15, 0.2) is 15.9 Å². The molecule has 1 aliphatic heterocycles. The fraction of sp³-hybridized carbons (Fsp3) is 0.385. The monoisotopic (exact) mass is 347 g/mol. The van der Waals surface area contributed by atoms with Gasteiger partial charge in [0.25, 0.3) is 0 Å². The van der Waals surface area contributed by atoms with E-state index in [0.29, 0.717) is 5.02 Å². The summed E-state index contributed by atoms with van der Waals surface area (Å²) in [6, 6.07) is 4.26. The number of hydrogen-bond acceptors (Lipinski definition) is 5. The van der Waals surface area contributed by atoms with Crippen molar-refractivity contribution in [2.45, 2.75) is 10.9 Å². The van der Waals surface area contributed by atoms with Crippen LogP contribution in [0.3, 0.4) is 0 Å². The molecule has 1 N–H and O–H groups in total. The first-order chi connectivity index (χ1) is 10.3. The number of sulfone groups is 1. The van der Waals surface area contributed by atoms with Gasteiger partial charge in [-0.1, -0.05) is 11.6 Å². The van der Waals surface area contributed by atoms with Crippen LogP contribution >= 0.6 is 11.6 Å². The standard InChI is InChI=1S/C13H14ClNO6S/c14-9-1-3-10(4-2-9)22(19,20)8-12(16)15-5-6-21-7-11(15)13(17)18/h1-4,11H,5-8H2,(H,17,18)/t11-/m1/s1. The van der Waals surface area contributed by atoms with E-state index in [2.05, 4.69) is 0 Å². The van der Waals surface area contributed by atoms with Crippen molar-refractivity contribution in [1.82, 2.24) is 4.90 Å². The lowest BCUT2D eigenvalue weighted by atomic mass is 10.2. The number of carboxylic acids is 1. The summed E-state index contributed by atoms with van der Waals surface area (Å²) in [6.45, 7) is 0.0739. The smallest absolute Gasteiger partial charge is 0.328 e. The average Bonchev–Trinajstić information content (AvgIpc) is 2.47. The van der Waals surface area contributed by atoms with Crippen LogP contribution in [0.1, 0.15) is 0 Å². The van der Waals surface area contributed by atoms with Gasteiger partial charge in [-0.05, 0) is 24.3 Å². The van der Waals surface area contributed by atoms with Gasteiger partial charge in [0.05, 0.1) is 18.1 Å². The van der Waals surface area contributed by atoms with Crippen LogP contribution in [0.5, 0.6) is 0 Å². The number of hydrogen-bond donors (Lipinski definition) is 1. The Morgan fingerprint density at radius 2 is 1.95 bits per heavy atom. The molecule has 1 amide bonds. The number of morpholine rings is 1. The van der Waals surface area contributed by atoms with Gasteiger partial charge in [-0.15, -0.1) is 0 Å². The first kappa shape index (κ1) is 16.7. The molecule has 1 fully saturated rings. The number of carbonyl (C=O) groups excluding carboxylic acids is 1. The number of carbonyl (C=O) groups is 2. The van der Waals surface area contributed by atoms with Gasteiger partial charge >= 0.3 is 5.97 Å². The molecule has 7 nitrogen and oxygen atoms in total. The molecule has 1 saturated heterocycles. The van der Waals surface area contributed by atoms with E-state index >= 15 is 0 Å². The van der Waals surface area contributed by atoms with Crippen molar-refractivity contribution in [3.8, 4) is 0 Å². The molecule has 0 radical (unpaired) electrons. The molecule has 0 bridgehead atoms. The summed E-state index contributed by atoms with van der Waals surface area (Å²) in [5.74, 6) is -2.78. The third kappa shape index (κ3) is 3.76. The van der Waals surface area contributed by atoms with Gasteiger partial charge < -0.3 is 14.7 Å². The normalized spacial score (nSPS) is 19.0. The van der Waals surface area contributed by atoms with Crippen LogP contribution in [0.15, 0.2) is 29.2 Å². The molecule has 22 heavy (non-hydrogen) atoms. The third-order valence-electron chi connectivity index (χ3n) is 3.22. The Hall–Kier alpha value is -1.64. The summed E-state index contributed by atoms with van der Waals surface area (Å²) in [4.78, 5) is 24.3. The van der Waals surface area contributed by atoms with Gasteiger partial charge in [-0.2, -0.15) is 0 Å². The number of nitrogens with zero attached hydrogens (tertiary/aromatic N) is 1. The van der Waals surface area contributed by atoms with Crippen molar-refractivity contribution in [2.24, 2.45) is 0 Å². The molecular weight excluding hydrogens is 334 g/mol. The predicted molar refractivity (Wildman–Crippen MR) is 77.5 cm³/mol. The summed E-state index contributed by atoms with van der Waals surface area (Å²) in [5, 5.41) is 9.44. The fourth-order valence-electron chi connectivity index (χ4n) is 2.08. The van der Waals surface area contributed by atoms with Crippen molar-refractivity contribution in [2.75, 3.05) is 25.5 Å². The highest BCUT2D eigenvalue weighted by Gasteiger charge is 2.34. The molecule has 1 aliphatic rings. The van der Waals surface area contributed by atoms with Crippen LogP contribution in [-0.4, -0.2) is 61.9 Å². The number of halogens is 1. The van der Waals surface area contributed by atoms with Crippen molar-refractivity contribution in [3.63, 3.8) is 0 Å². The zero-order valence-corrected chi connectivity index (χ0v) is 13.0. The Morgan fingerprint density at radius 1 is 1.32 bits per heavy atom. The summed E-state index contributed by atoms with van der Waals surface area (Å²) >= 11 is 5.69. The van der Waals surface area contributed by atoms with Crippen LogP contribution < -0.4 is 0 Å². The van der Waals surface area contributed by atoms with Gasteiger partial charge in [-0.3, -0.25) is 4.79 Å². The van der Waals surface area contributed by atoms with E-state index in [4.69, 9.17) is 21.4 Å². The molecule has 1 atom stereocenters. The lowest BCUT2D eigenvalue weighted by molar-refractivity contribution is -0.157. The molecule has 1 heterocycles. The first-order valence-corrected chi connectivity index (χ1v) is 8.42. The van der Waals surface area contributed by atoms with E-state index in [1.54, 1.807) is 0 Å². The Kier molecular flexibility index (Phi) is 5.05. The second-order valence-electron chi connectivity index (χ2n) is 4.73. The topological polar surface area (TPSA) is 101 Å². The Bertz CT molecular complexity index is 672. The molecule has 1 aromatic rings. The van der Waals surface area contributed by atoms with Crippen LogP contribution in [-0.2, 0) is 24.2 Å². The molecule has 0 aliphatic carbocycles. The van der Waals surface area contributed by atoms with Crippen molar-refractivity contribution in [1.29, 1.82) is 0 Å². The highest BCUT2D eigenvalue weighted by molar-refractivity contribution is 7.92. The molecule has 0 unspecified atom stereocenters. The van der Waals surface area contributed by atoms with Gasteiger partial charge in [0.2, 0.25) is 5.91 Å². The maximum absolute atomic E-state index is 12.2. The van der Waals surface area contributed by atoms with E-state index in [-0.39, 0.29) is 24.7 Å². The predicted octanol–water partition coefficient (Wildman–Crippen LogP) is 0.426. The summed E-state index contributed by atoms with van der Waals surface area (Å²) in [7, 11) is -3.86. The number of amides is 1. The van der Waals surface area contributed by atoms with Gasteiger partial charge in [0.1, 0.15) is 5.75 Å². The summed E-state index contributed by atoms with van der Waals surface area (Å²) in [5.41, 5.74) is 0. The zero-order valence-electron chi connectivity index (χ0n) is 11.4. The summed E-state index contributed by atoms with van der Waals surface area (Å²) < 4.78 is 29.4. The number of benzene rings is 1. The van der Waals surface area contributed by atoms with E-state index in [9.17, 15) is 18.0 Å². The molecule has 0 aromatic heterocycles. The highest BCUT2D eigenvalue weighted by Crippen LogP contribution is 2.17. The minimum atomic E-state index is -3.86. The van der Waals surface area contributed by atoms with E-state index < -0.39 is 33.5 Å². The number of ether oxygens (including phenoxy) is 1. The number of aliphatic carboxylic acids is 1. The largest absolute Gasteiger partial charge is 0.480 e. The van der Waals surface area contributed by atoms with Crippen LogP contribution in [0.25, 0.3) is 0 Å². The average molecular weight is 348 g/mol. The van der Waals surface area contributed by atoms with Crippen molar-refractivity contribution >= 4 is 33.3 Å². The van der Waals surface area contributed by atoms with Crippen LogP contribution in [0.4, 0.5) is 0 Å². The van der Waals surface area contributed by atoms with Crippen LogP contribution in [0, 0.1) is 0 Å². The molecular formula is C13H14ClNO6S. The minimum Gasteiger partial charge on any atom is -0.480 e. The minimum absolute atomic E-state index is 0.0367. The molecule has 0 spiro atoms. The molecule has 0 saturated carbocycles. The molecule has 1 aromatic carbocycles. The Balaban J connectivity index is 2.16. The lowest BCUT2D eigenvalue weighted by Gasteiger charge is -2.32. The van der Waals surface area contributed by atoms with E-state index in [0.717, 1.165) is 4.90 Å². The van der Waals surface area contributed by atoms with Crippen molar-refractivity contribution < 1.29 is 27.9 Å². The van der Waals surface area contributed by atoms with Crippen LogP contribution in [0.2, 0.25) is 5.02 Å². The Labute approximate surface area is 132 Å². The summed E-state index contributed by atoms with van der Waals surface area (Å²) in [6.07, 6.45) is 0. The second-order valence-corrected chi connectivity index (χ2v) is 7.16. The van der Waals surface area contributed by atoms with E-state index in [1.165, 1.54) is 24.3 Å². The maximum Gasteiger partial charge on any atom is 0.328 e. The number of rotatable bonds is 4. The quantitative estimate of drug-likeness (QED) is 0.847. The SMILES string of the molecule is O=C(O)[C@H]1COCCN1C(=O)CS(=O)(=O)c1ccc(Cl)cc1. The fourth-order valence-corrected chi connectivity index (χ4v) is 3.41. The molecule has 120 valence electrons. The lowest BCUT2D eigenvalue weighted by Crippen LogP contribution is -2.54. The third-order valence-corrected chi connectivity index (χ3v) is 5.09. The highest BCUT2D eigenvalue weighted by atomic mass is 35.5. The molecule has 9 heteroatoms. The number of carboxylic acid groups (broad SMARTS) is 1. The zero-order chi connectivity index (χ0) is 16.3. The van der Waals surface area contributed by atoms with Gasteiger partial charge in [-0.25, -0.2) is 13.2 Å². The Morgan fingerprint density at radius 3 is 2.55 bits per heavy atom. The molecule has 2 rings (SSSR count). The second kappa shape index (κ2) is 6.64. The maximum atomic E-state index is 12.2. The van der Waals surface area contributed by atoms with Gasteiger partial charge in [0, 0.05) is 11.6 Å². The van der Waals surface area contributed by atoms with Crippen molar-refractivity contribution in [3.05, 3.63) is 29.3 Å².